The van der Waals surface area contributed by atoms with Crippen LogP contribution in [0.1, 0.15) is 11.1 Å². The maximum atomic E-state index is 9.08. The standard InChI is InChI=1S/C16H17N3O/c1-12-6-7-15(13(10-12)11-17)19-8-9-20-16-5-3-2-4-14(16)18/h2-7,10,19H,8-9,18H2,1H3. The van der Waals surface area contributed by atoms with Crippen LogP contribution in [0.4, 0.5) is 11.4 Å². The molecule has 3 N–H and O–H groups in total. The Hall–Kier alpha value is -2.67. The Kier molecular flexibility index (Phi) is 4.46. The number of nitrogens with zero attached hydrogens (tertiary/aromatic N) is 1. The summed E-state index contributed by atoms with van der Waals surface area (Å²) in [6.45, 7) is 3.05. The Morgan fingerprint density at radius 1 is 1.25 bits per heavy atom. The lowest BCUT2D eigenvalue weighted by atomic mass is 10.1. The van der Waals surface area contributed by atoms with E-state index in [-0.39, 0.29) is 0 Å². The van der Waals surface area contributed by atoms with Gasteiger partial charge < -0.3 is 15.8 Å². The van der Waals surface area contributed by atoms with E-state index in [0.717, 1.165) is 11.3 Å². The topological polar surface area (TPSA) is 71.1 Å². The molecule has 0 bridgehead atoms. The van der Waals surface area contributed by atoms with Gasteiger partial charge in [0, 0.05) is 6.54 Å². The van der Waals surface area contributed by atoms with Crippen molar-refractivity contribution < 1.29 is 4.74 Å². The van der Waals surface area contributed by atoms with Crippen LogP contribution in [0.5, 0.6) is 5.75 Å². The zero-order valence-electron chi connectivity index (χ0n) is 11.4. The lowest BCUT2D eigenvalue weighted by molar-refractivity contribution is 0.334. The van der Waals surface area contributed by atoms with Gasteiger partial charge in [-0.3, -0.25) is 0 Å². The molecule has 0 radical (unpaired) electrons. The summed E-state index contributed by atoms with van der Waals surface area (Å²) < 4.78 is 5.59. The average molecular weight is 267 g/mol. The Labute approximate surface area is 118 Å². The first kappa shape index (κ1) is 13.8. The quantitative estimate of drug-likeness (QED) is 0.645. The third-order valence-electron chi connectivity index (χ3n) is 2.89. The van der Waals surface area contributed by atoms with Crippen LogP contribution in [-0.4, -0.2) is 13.2 Å². The van der Waals surface area contributed by atoms with Crippen molar-refractivity contribution in [1.82, 2.24) is 0 Å². The number of hydrogen-bond donors (Lipinski definition) is 2. The molecule has 4 heteroatoms. The van der Waals surface area contributed by atoms with E-state index in [1.807, 2.05) is 43.3 Å². The fraction of sp³-hybridized carbons (Fsp3) is 0.188. The summed E-state index contributed by atoms with van der Waals surface area (Å²) in [4.78, 5) is 0. The van der Waals surface area contributed by atoms with Gasteiger partial charge in [0.2, 0.25) is 0 Å². The second-order valence-electron chi connectivity index (χ2n) is 4.47. The maximum Gasteiger partial charge on any atom is 0.142 e. The highest BCUT2D eigenvalue weighted by Crippen LogP contribution is 2.20. The molecule has 0 amide bonds. The number of ether oxygens (including phenoxy) is 1. The normalized spacial score (nSPS) is 9.80. The number of nitrogens with one attached hydrogen (secondary N) is 1. The van der Waals surface area contributed by atoms with E-state index in [1.165, 1.54) is 0 Å². The largest absolute Gasteiger partial charge is 0.490 e. The third-order valence-corrected chi connectivity index (χ3v) is 2.89. The van der Waals surface area contributed by atoms with Crippen molar-refractivity contribution in [3.63, 3.8) is 0 Å². The van der Waals surface area contributed by atoms with Crippen LogP contribution in [0.3, 0.4) is 0 Å². The van der Waals surface area contributed by atoms with E-state index >= 15 is 0 Å². The van der Waals surface area contributed by atoms with Crippen molar-refractivity contribution in [2.24, 2.45) is 0 Å². The fourth-order valence-corrected chi connectivity index (χ4v) is 1.86. The van der Waals surface area contributed by atoms with E-state index in [0.29, 0.717) is 30.2 Å². The first-order chi connectivity index (χ1) is 9.70. The Balaban J connectivity index is 1.88. The number of rotatable bonds is 5. The third kappa shape index (κ3) is 3.42. The molecule has 0 fully saturated rings. The second-order valence-corrected chi connectivity index (χ2v) is 4.47. The molecule has 4 nitrogen and oxygen atoms in total. The highest BCUT2D eigenvalue weighted by Gasteiger charge is 2.02. The number of para-hydroxylation sites is 2. The summed E-state index contributed by atoms with van der Waals surface area (Å²) in [5, 5.41) is 12.3. The number of nitriles is 1. The first-order valence-electron chi connectivity index (χ1n) is 6.42. The molecule has 102 valence electrons. The van der Waals surface area contributed by atoms with Gasteiger partial charge in [-0.1, -0.05) is 18.2 Å². The summed E-state index contributed by atoms with van der Waals surface area (Å²) in [6.07, 6.45) is 0. The molecular formula is C16H17N3O. The molecule has 0 saturated carbocycles. The van der Waals surface area contributed by atoms with Gasteiger partial charge in [-0.05, 0) is 36.8 Å². The number of benzene rings is 2. The van der Waals surface area contributed by atoms with Gasteiger partial charge in [-0.15, -0.1) is 0 Å². The van der Waals surface area contributed by atoms with Crippen LogP contribution < -0.4 is 15.8 Å². The summed E-state index contributed by atoms with van der Waals surface area (Å²) in [5.41, 5.74) is 8.95. The van der Waals surface area contributed by atoms with Crippen LogP contribution in [-0.2, 0) is 0 Å². The molecule has 0 saturated heterocycles. The molecule has 2 aromatic carbocycles. The zero-order chi connectivity index (χ0) is 14.4. The zero-order valence-corrected chi connectivity index (χ0v) is 11.4. The van der Waals surface area contributed by atoms with Gasteiger partial charge in [0.25, 0.3) is 0 Å². The van der Waals surface area contributed by atoms with Gasteiger partial charge in [0.1, 0.15) is 18.4 Å². The van der Waals surface area contributed by atoms with Gasteiger partial charge in [0.05, 0.1) is 16.9 Å². The predicted molar refractivity (Wildman–Crippen MR) is 80.7 cm³/mol. The molecule has 2 aromatic rings. The van der Waals surface area contributed by atoms with Crippen molar-refractivity contribution in [2.75, 3.05) is 24.2 Å². The molecule has 0 aliphatic rings. The summed E-state index contributed by atoms with van der Waals surface area (Å²) in [7, 11) is 0. The highest BCUT2D eigenvalue weighted by atomic mass is 16.5. The van der Waals surface area contributed by atoms with Crippen LogP contribution in [0, 0.1) is 18.3 Å². The lowest BCUT2D eigenvalue weighted by Gasteiger charge is -2.11. The second kappa shape index (κ2) is 6.48. The summed E-state index contributed by atoms with van der Waals surface area (Å²) in [6, 6.07) is 15.3. The van der Waals surface area contributed by atoms with E-state index in [4.69, 9.17) is 15.7 Å². The van der Waals surface area contributed by atoms with Crippen molar-refractivity contribution in [3.05, 3.63) is 53.6 Å². The molecule has 20 heavy (non-hydrogen) atoms. The number of nitrogen functional groups attached to an aromatic ring is 1. The monoisotopic (exact) mass is 267 g/mol. The highest BCUT2D eigenvalue weighted by molar-refractivity contribution is 5.58. The SMILES string of the molecule is Cc1ccc(NCCOc2ccccc2N)c(C#N)c1. The number of anilines is 2. The number of hydrogen-bond acceptors (Lipinski definition) is 4. The molecule has 0 aliphatic heterocycles. The lowest BCUT2D eigenvalue weighted by Crippen LogP contribution is -2.12. The molecule has 2 rings (SSSR count). The van der Waals surface area contributed by atoms with E-state index in [2.05, 4.69) is 11.4 Å². The van der Waals surface area contributed by atoms with E-state index in [1.54, 1.807) is 6.07 Å². The van der Waals surface area contributed by atoms with Crippen LogP contribution in [0.25, 0.3) is 0 Å². The van der Waals surface area contributed by atoms with Crippen LogP contribution in [0.15, 0.2) is 42.5 Å². The first-order valence-corrected chi connectivity index (χ1v) is 6.42. The molecule has 0 spiro atoms. The van der Waals surface area contributed by atoms with Gasteiger partial charge in [-0.2, -0.15) is 5.26 Å². The predicted octanol–water partition coefficient (Wildman–Crippen LogP) is 2.94. The van der Waals surface area contributed by atoms with Gasteiger partial charge in [0.15, 0.2) is 0 Å². The Bertz CT molecular complexity index is 632. The van der Waals surface area contributed by atoms with Crippen molar-refractivity contribution in [2.45, 2.75) is 6.92 Å². The van der Waals surface area contributed by atoms with Crippen molar-refractivity contribution >= 4 is 11.4 Å². The number of nitrogens with two attached hydrogens (primary N) is 1. The average Bonchev–Trinajstić information content (AvgIpc) is 2.46. The van der Waals surface area contributed by atoms with Crippen molar-refractivity contribution in [1.29, 1.82) is 5.26 Å². The maximum absolute atomic E-state index is 9.08. The number of aryl methyl sites for hydroxylation is 1. The van der Waals surface area contributed by atoms with Gasteiger partial charge in [-0.25, -0.2) is 0 Å². The molecule has 0 heterocycles. The minimum absolute atomic E-state index is 0.479. The van der Waals surface area contributed by atoms with Crippen LogP contribution in [0.2, 0.25) is 0 Å². The molecule has 0 aliphatic carbocycles. The molecule has 0 unspecified atom stereocenters. The molecule has 0 atom stereocenters. The van der Waals surface area contributed by atoms with Crippen molar-refractivity contribution in [3.8, 4) is 11.8 Å². The van der Waals surface area contributed by atoms with E-state index < -0.39 is 0 Å². The molecular weight excluding hydrogens is 250 g/mol. The Morgan fingerprint density at radius 3 is 2.80 bits per heavy atom. The summed E-state index contributed by atoms with van der Waals surface area (Å²) >= 11 is 0. The van der Waals surface area contributed by atoms with E-state index in [9.17, 15) is 0 Å². The van der Waals surface area contributed by atoms with Crippen LogP contribution >= 0.6 is 0 Å². The Morgan fingerprint density at radius 2 is 2.05 bits per heavy atom. The fourth-order valence-electron chi connectivity index (χ4n) is 1.86. The minimum Gasteiger partial charge on any atom is -0.490 e. The van der Waals surface area contributed by atoms with Gasteiger partial charge >= 0.3 is 0 Å². The smallest absolute Gasteiger partial charge is 0.142 e. The summed E-state index contributed by atoms with van der Waals surface area (Å²) in [5.74, 6) is 0.679. The minimum atomic E-state index is 0.479. The molecule has 0 aromatic heterocycles.